The Morgan fingerprint density at radius 2 is 2.06 bits per heavy atom. The van der Waals surface area contributed by atoms with E-state index in [4.69, 9.17) is 5.73 Å². The van der Waals surface area contributed by atoms with Crippen LogP contribution in [0.4, 0.5) is 0 Å². The molecule has 1 aliphatic rings. The Morgan fingerprint density at radius 1 is 1.28 bits per heavy atom. The Labute approximate surface area is 107 Å². The molecule has 0 amide bonds. The second kappa shape index (κ2) is 4.53. The van der Waals surface area contributed by atoms with Gasteiger partial charge in [0.05, 0.1) is 0 Å². The lowest BCUT2D eigenvalue weighted by molar-refractivity contribution is 0.391. The van der Waals surface area contributed by atoms with Crippen LogP contribution in [0.25, 0.3) is 11.4 Å². The van der Waals surface area contributed by atoms with E-state index in [-0.39, 0.29) is 0 Å². The third-order valence-electron chi connectivity index (χ3n) is 3.70. The van der Waals surface area contributed by atoms with Gasteiger partial charge in [0.25, 0.3) is 0 Å². The van der Waals surface area contributed by atoms with Crippen molar-refractivity contribution in [2.75, 3.05) is 6.54 Å². The van der Waals surface area contributed by atoms with Crippen LogP contribution in [0.15, 0.2) is 24.3 Å². The minimum atomic E-state index is 0.563. The number of hydrogen-bond acceptors (Lipinski definition) is 3. The van der Waals surface area contributed by atoms with Crippen molar-refractivity contribution < 1.29 is 0 Å². The summed E-state index contributed by atoms with van der Waals surface area (Å²) in [4.78, 5) is 0. The average molecular weight is 242 g/mol. The standard InChI is InChI=1S/C14H18N4/c1-10-2-4-12(5-3-10)14-17-16-13-8-11(9-15)6-7-18(13)14/h2-5,11H,6-9,15H2,1H3. The third kappa shape index (κ3) is 1.93. The van der Waals surface area contributed by atoms with Crippen molar-refractivity contribution in [1.82, 2.24) is 14.8 Å². The van der Waals surface area contributed by atoms with Gasteiger partial charge in [0.1, 0.15) is 5.82 Å². The largest absolute Gasteiger partial charge is 0.330 e. The molecule has 0 fully saturated rings. The van der Waals surface area contributed by atoms with Crippen molar-refractivity contribution in [2.24, 2.45) is 11.7 Å². The lowest BCUT2D eigenvalue weighted by atomic mass is 9.98. The van der Waals surface area contributed by atoms with E-state index < -0.39 is 0 Å². The summed E-state index contributed by atoms with van der Waals surface area (Å²) in [5.74, 6) is 2.63. The summed E-state index contributed by atoms with van der Waals surface area (Å²) >= 11 is 0. The van der Waals surface area contributed by atoms with Gasteiger partial charge < -0.3 is 10.3 Å². The quantitative estimate of drug-likeness (QED) is 0.873. The number of hydrogen-bond donors (Lipinski definition) is 1. The van der Waals surface area contributed by atoms with E-state index in [9.17, 15) is 0 Å². The van der Waals surface area contributed by atoms with Crippen LogP contribution in [0.3, 0.4) is 0 Å². The van der Waals surface area contributed by atoms with Gasteiger partial charge in [-0.2, -0.15) is 0 Å². The van der Waals surface area contributed by atoms with Gasteiger partial charge in [-0.25, -0.2) is 0 Å². The lowest BCUT2D eigenvalue weighted by Crippen LogP contribution is -2.25. The number of nitrogens with two attached hydrogens (primary N) is 1. The maximum Gasteiger partial charge on any atom is 0.163 e. The first-order valence-corrected chi connectivity index (χ1v) is 6.47. The van der Waals surface area contributed by atoms with E-state index in [1.54, 1.807) is 0 Å². The maximum absolute atomic E-state index is 5.74. The van der Waals surface area contributed by atoms with Crippen LogP contribution in [-0.2, 0) is 13.0 Å². The van der Waals surface area contributed by atoms with Crippen molar-refractivity contribution in [3.8, 4) is 11.4 Å². The van der Waals surface area contributed by atoms with Gasteiger partial charge in [-0.05, 0) is 25.8 Å². The Bertz CT molecular complexity index is 541. The molecule has 0 aliphatic carbocycles. The highest BCUT2D eigenvalue weighted by Gasteiger charge is 2.22. The van der Waals surface area contributed by atoms with Gasteiger partial charge in [0.15, 0.2) is 5.82 Å². The summed E-state index contributed by atoms with van der Waals surface area (Å²) in [6.07, 6.45) is 2.08. The molecule has 1 aromatic heterocycles. The maximum atomic E-state index is 5.74. The predicted molar refractivity (Wildman–Crippen MR) is 71.1 cm³/mol. The zero-order chi connectivity index (χ0) is 12.5. The molecule has 94 valence electrons. The molecule has 2 heterocycles. The average Bonchev–Trinajstić information content (AvgIpc) is 2.82. The predicted octanol–water partition coefficient (Wildman–Crippen LogP) is 1.77. The Hall–Kier alpha value is -1.68. The molecule has 2 aromatic rings. The molecule has 1 aromatic carbocycles. The molecule has 0 bridgehead atoms. The third-order valence-corrected chi connectivity index (χ3v) is 3.70. The summed E-state index contributed by atoms with van der Waals surface area (Å²) in [5.41, 5.74) is 8.15. The number of fused-ring (bicyclic) bond motifs is 1. The topological polar surface area (TPSA) is 56.7 Å². The minimum Gasteiger partial charge on any atom is -0.330 e. The lowest BCUT2D eigenvalue weighted by Gasteiger charge is -2.22. The Morgan fingerprint density at radius 3 is 2.78 bits per heavy atom. The molecular formula is C14H18N4. The number of aryl methyl sites for hydroxylation is 1. The summed E-state index contributed by atoms with van der Waals surface area (Å²) in [6, 6.07) is 8.45. The second-order valence-corrected chi connectivity index (χ2v) is 5.05. The molecule has 4 nitrogen and oxygen atoms in total. The molecule has 0 spiro atoms. The molecular weight excluding hydrogens is 224 g/mol. The Balaban J connectivity index is 1.96. The number of rotatable bonds is 2. The monoisotopic (exact) mass is 242 g/mol. The van der Waals surface area contributed by atoms with Crippen molar-refractivity contribution in [2.45, 2.75) is 26.3 Å². The van der Waals surface area contributed by atoms with E-state index in [0.717, 1.165) is 43.1 Å². The second-order valence-electron chi connectivity index (χ2n) is 5.05. The minimum absolute atomic E-state index is 0.563. The molecule has 18 heavy (non-hydrogen) atoms. The highest BCUT2D eigenvalue weighted by Crippen LogP contribution is 2.25. The Kier molecular flexibility index (Phi) is 2.88. The van der Waals surface area contributed by atoms with Crippen molar-refractivity contribution >= 4 is 0 Å². The van der Waals surface area contributed by atoms with Crippen molar-refractivity contribution in [1.29, 1.82) is 0 Å². The highest BCUT2D eigenvalue weighted by molar-refractivity contribution is 5.55. The van der Waals surface area contributed by atoms with Crippen LogP contribution in [-0.4, -0.2) is 21.3 Å². The van der Waals surface area contributed by atoms with E-state index in [1.807, 2.05) is 0 Å². The van der Waals surface area contributed by atoms with Crippen LogP contribution in [0.5, 0.6) is 0 Å². The fourth-order valence-electron chi connectivity index (χ4n) is 2.51. The zero-order valence-corrected chi connectivity index (χ0v) is 10.6. The summed E-state index contributed by atoms with van der Waals surface area (Å²) in [6.45, 7) is 3.81. The normalized spacial score (nSPS) is 18.7. The molecule has 4 heteroatoms. The molecule has 1 unspecified atom stereocenters. The van der Waals surface area contributed by atoms with Gasteiger partial charge in [0, 0.05) is 18.5 Å². The van der Waals surface area contributed by atoms with Gasteiger partial charge in [-0.1, -0.05) is 29.8 Å². The van der Waals surface area contributed by atoms with Crippen LogP contribution >= 0.6 is 0 Å². The molecule has 1 aliphatic heterocycles. The van der Waals surface area contributed by atoms with Crippen LogP contribution in [0.2, 0.25) is 0 Å². The summed E-state index contributed by atoms with van der Waals surface area (Å²) in [5, 5.41) is 8.65. The first kappa shape index (κ1) is 11.4. The fraction of sp³-hybridized carbons (Fsp3) is 0.429. The van der Waals surface area contributed by atoms with E-state index in [1.165, 1.54) is 5.56 Å². The van der Waals surface area contributed by atoms with Crippen LogP contribution in [0, 0.1) is 12.8 Å². The number of benzene rings is 1. The molecule has 1 atom stereocenters. The SMILES string of the molecule is Cc1ccc(-c2nnc3n2CCC(CN)C3)cc1. The summed E-state index contributed by atoms with van der Waals surface area (Å²) < 4.78 is 2.23. The van der Waals surface area contributed by atoms with Gasteiger partial charge in [-0.15, -0.1) is 10.2 Å². The number of nitrogens with zero attached hydrogens (tertiary/aromatic N) is 3. The molecule has 0 saturated heterocycles. The van der Waals surface area contributed by atoms with E-state index in [0.29, 0.717) is 5.92 Å². The van der Waals surface area contributed by atoms with Crippen LogP contribution < -0.4 is 5.73 Å². The van der Waals surface area contributed by atoms with Gasteiger partial charge in [0.2, 0.25) is 0 Å². The zero-order valence-electron chi connectivity index (χ0n) is 10.6. The first-order chi connectivity index (χ1) is 8.78. The summed E-state index contributed by atoms with van der Waals surface area (Å²) in [7, 11) is 0. The van der Waals surface area contributed by atoms with Gasteiger partial charge in [-0.3, -0.25) is 0 Å². The van der Waals surface area contributed by atoms with Crippen LogP contribution in [0.1, 0.15) is 17.8 Å². The smallest absolute Gasteiger partial charge is 0.163 e. The fourth-order valence-corrected chi connectivity index (χ4v) is 2.51. The van der Waals surface area contributed by atoms with Crippen molar-refractivity contribution in [3.63, 3.8) is 0 Å². The highest BCUT2D eigenvalue weighted by atomic mass is 15.3. The molecule has 0 saturated carbocycles. The van der Waals surface area contributed by atoms with E-state index >= 15 is 0 Å². The molecule has 3 rings (SSSR count). The van der Waals surface area contributed by atoms with Gasteiger partial charge >= 0.3 is 0 Å². The van der Waals surface area contributed by atoms with E-state index in [2.05, 4.69) is 46.0 Å². The molecule has 0 radical (unpaired) electrons. The first-order valence-electron chi connectivity index (χ1n) is 6.47. The molecule has 2 N–H and O–H groups in total. The van der Waals surface area contributed by atoms with Crippen molar-refractivity contribution in [3.05, 3.63) is 35.7 Å². The number of aromatic nitrogens is 3.